The van der Waals surface area contributed by atoms with Gasteiger partial charge in [0.05, 0.1) is 24.2 Å². The van der Waals surface area contributed by atoms with Crippen LogP contribution in [0.3, 0.4) is 0 Å². The van der Waals surface area contributed by atoms with Crippen molar-refractivity contribution < 1.29 is 23.9 Å². The number of likely N-dealkylation sites (tertiary alicyclic amines) is 1. The predicted octanol–water partition coefficient (Wildman–Crippen LogP) is 3.08. The fourth-order valence-corrected chi connectivity index (χ4v) is 4.97. The van der Waals surface area contributed by atoms with Crippen molar-refractivity contribution in [1.29, 1.82) is 0 Å². The van der Waals surface area contributed by atoms with Gasteiger partial charge in [0.2, 0.25) is 17.7 Å². The van der Waals surface area contributed by atoms with Crippen LogP contribution in [-0.4, -0.2) is 56.5 Å². The summed E-state index contributed by atoms with van der Waals surface area (Å²) in [5.41, 5.74) is 1.34. The van der Waals surface area contributed by atoms with Gasteiger partial charge in [-0.2, -0.15) is 0 Å². The zero-order chi connectivity index (χ0) is 22.6. The van der Waals surface area contributed by atoms with E-state index in [0.717, 1.165) is 24.8 Å². The zero-order valence-corrected chi connectivity index (χ0v) is 19.2. The Bertz CT molecular complexity index is 825. The molecule has 0 aromatic heterocycles. The number of piperidine rings is 1. The molecule has 170 valence electrons. The van der Waals surface area contributed by atoms with Crippen molar-refractivity contribution in [3.8, 4) is 5.75 Å². The third-order valence-electron chi connectivity index (χ3n) is 6.53. The average molecular weight is 451 g/mol. The fourth-order valence-electron chi connectivity index (χ4n) is 4.65. The molecule has 31 heavy (non-hydrogen) atoms. The molecule has 3 amide bonds. The number of aryl methyl sites for hydroxylation is 1. The molecule has 2 aliphatic heterocycles. The van der Waals surface area contributed by atoms with Gasteiger partial charge in [0, 0.05) is 33.0 Å². The molecule has 2 aliphatic rings. The first-order valence-corrected chi connectivity index (χ1v) is 11.2. The lowest BCUT2D eigenvalue weighted by atomic mass is 9.82. The van der Waals surface area contributed by atoms with Crippen LogP contribution < -0.4 is 10.1 Å². The van der Waals surface area contributed by atoms with Gasteiger partial charge in [-0.3, -0.25) is 19.7 Å². The van der Waals surface area contributed by atoms with E-state index in [0.29, 0.717) is 36.2 Å². The van der Waals surface area contributed by atoms with E-state index in [1.165, 1.54) is 12.7 Å². The number of rotatable bonds is 8. The smallest absolute Gasteiger partial charge is 0.235 e. The molecule has 2 heterocycles. The van der Waals surface area contributed by atoms with Gasteiger partial charge in [0.15, 0.2) is 0 Å². The molecule has 1 aromatic rings. The number of carbonyl (C=O) groups is 3. The summed E-state index contributed by atoms with van der Waals surface area (Å²) in [5.74, 6) is 0.416. The van der Waals surface area contributed by atoms with Crippen LogP contribution in [0.25, 0.3) is 0 Å². The summed E-state index contributed by atoms with van der Waals surface area (Å²) >= 11 is 6.39. The van der Waals surface area contributed by atoms with Crippen LogP contribution >= 0.6 is 11.6 Å². The summed E-state index contributed by atoms with van der Waals surface area (Å²) in [7, 11) is 3.13. The number of amides is 3. The molecular formula is C23H31ClN2O5. The van der Waals surface area contributed by atoms with Crippen LogP contribution in [0.2, 0.25) is 5.02 Å². The Morgan fingerprint density at radius 3 is 2.52 bits per heavy atom. The van der Waals surface area contributed by atoms with Gasteiger partial charge in [-0.05, 0) is 48.8 Å². The molecule has 0 bridgehead atoms. The molecule has 1 aromatic carbocycles. The highest BCUT2D eigenvalue weighted by Crippen LogP contribution is 2.37. The van der Waals surface area contributed by atoms with Gasteiger partial charge in [0.25, 0.3) is 0 Å². The molecule has 2 fully saturated rings. The standard InChI is InChI=1S/C23H31ClN2O5/c1-4-15-11-17(12-18(31-3)21(15)24)16-6-9-26(10-7-16)20(28)5-8-23(14-30-2)13-19(27)25-22(23)29/h11-12,16H,4-10,13-14H2,1-3H3,(H,25,27,29)/t23-/m0/s1. The first-order chi connectivity index (χ1) is 14.8. The Labute approximate surface area is 188 Å². The first kappa shape index (κ1) is 23.5. The Morgan fingerprint density at radius 1 is 1.26 bits per heavy atom. The van der Waals surface area contributed by atoms with Gasteiger partial charge in [-0.25, -0.2) is 0 Å². The minimum absolute atomic E-state index is 0.0176. The maximum atomic E-state index is 12.8. The van der Waals surface area contributed by atoms with Crippen molar-refractivity contribution in [2.75, 3.05) is 33.9 Å². The maximum absolute atomic E-state index is 12.8. The van der Waals surface area contributed by atoms with E-state index in [2.05, 4.69) is 18.3 Å². The molecule has 0 aliphatic carbocycles. The SMILES string of the molecule is CCc1cc(C2CCN(C(=O)CC[C@@]3(COC)CC(=O)NC3=O)CC2)cc(OC)c1Cl. The lowest BCUT2D eigenvalue weighted by Gasteiger charge is -2.33. The number of carbonyl (C=O) groups excluding carboxylic acids is 3. The maximum Gasteiger partial charge on any atom is 0.235 e. The largest absolute Gasteiger partial charge is 0.495 e. The molecule has 1 N–H and O–H groups in total. The number of ether oxygens (including phenoxy) is 2. The summed E-state index contributed by atoms with van der Waals surface area (Å²) in [5, 5.41) is 3.01. The van der Waals surface area contributed by atoms with Gasteiger partial charge in [0.1, 0.15) is 5.75 Å². The number of hydrogen-bond donors (Lipinski definition) is 1. The second-order valence-electron chi connectivity index (χ2n) is 8.47. The molecule has 3 rings (SSSR count). The monoisotopic (exact) mass is 450 g/mol. The highest BCUT2D eigenvalue weighted by Gasteiger charge is 2.47. The highest BCUT2D eigenvalue weighted by molar-refractivity contribution is 6.32. The summed E-state index contributed by atoms with van der Waals surface area (Å²) in [6, 6.07) is 4.16. The van der Waals surface area contributed by atoms with Crippen molar-refractivity contribution in [2.24, 2.45) is 5.41 Å². The third kappa shape index (κ3) is 5.04. The zero-order valence-electron chi connectivity index (χ0n) is 18.5. The Morgan fingerprint density at radius 2 is 1.97 bits per heavy atom. The minimum Gasteiger partial charge on any atom is -0.495 e. The van der Waals surface area contributed by atoms with Gasteiger partial charge < -0.3 is 14.4 Å². The predicted molar refractivity (Wildman–Crippen MR) is 117 cm³/mol. The molecule has 8 heteroatoms. The average Bonchev–Trinajstić information content (AvgIpc) is 3.05. The lowest BCUT2D eigenvalue weighted by molar-refractivity contribution is -0.135. The van der Waals surface area contributed by atoms with Crippen molar-refractivity contribution in [3.05, 3.63) is 28.3 Å². The van der Waals surface area contributed by atoms with Crippen LogP contribution in [-0.2, 0) is 25.5 Å². The van der Waals surface area contributed by atoms with E-state index in [-0.39, 0.29) is 37.2 Å². The van der Waals surface area contributed by atoms with Crippen molar-refractivity contribution in [2.45, 2.75) is 51.4 Å². The van der Waals surface area contributed by atoms with Crippen LogP contribution in [0.4, 0.5) is 0 Å². The van der Waals surface area contributed by atoms with Crippen LogP contribution in [0.1, 0.15) is 56.1 Å². The highest BCUT2D eigenvalue weighted by atomic mass is 35.5. The van der Waals surface area contributed by atoms with Crippen LogP contribution in [0.15, 0.2) is 12.1 Å². The van der Waals surface area contributed by atoms with Crippen LogP contribution in [0.5, 0.6) is 5.75 Å². The summed E-state index contributed by atoms with van der Waals surface area (Å²) in [4.78, 5) is 38.6. The van der Waals surface area contributed by atoms with Crippen LogP contribution in [0, 0.1) is 5.41 Å². The molecule has 0 unspecified atom stereocenters. The molecule has 0 spiro atoms. The van der Waals surface area contributed by atoms with E-state index in [1.807, 2.05) is 11.0 Å². The minimum atomic E-state index is -0.934. The Balaban J connectivity index is 1.59. The second-order valence-corrected chi connectivity index (χ2v) is 8.85. The fraction of sp³-hybridized carbons (Fsp3) is 0.609. The Hall–Kier alpha value is -2.12. The topological polar surface area (TPSA) is 84.9 Å². The number of methoxy groups -OCH3 is 2. The number of hydrogen-bond acceptors (Lipinski definition) is 5. The number of halogens is 1. The van der Waals surface area contributed by atoms with E-state index in [9.17, 15) is 14.4 Å². The van der Waals surface area contributed by atoms with Crippen molar-refractivity contribution >= 4 is 29.3 Å². The summed E-state index contributed by atoms with van der Waals surface area (Å²) in [6.07, 6.45) is 3.17. The molecule has 2 saturated heterocycles. The first-order valence-electron chi connectivity index (χ1n) is 10.8. The second kappa shape index (κ2) is 10.0. The van der Waals surface area contributed by atoms with E-state index >= 15 is 0 Å². The Kier molecular flexibility index (Phi) is 7.59. The lowest BCUT2D eigenvalue weighted by Crippen LogP contribution is -2.40. The van der Waals surface area contributed by atoms with Crippen molar-refractivity contribution in [1.82, 2.24) is 10.2 Å². The molecule has 0 saturated carbocycles. The molecular weight excluding hydrogens is 420 g/mol. The molecule has 1 atom stereocenters. The number of nitrogens with one attached hydrogen (secondary N) is 1. The van der Waals surface area contributed by atoms with Crippen molar-refractivity contribution in [3.63, 3.8) is 0 Å². The van der Waals surface area contributed by atoms with Gasteiger partial charge in [-0.1, -0.05) is 24.6 Å². The van der Waals surface area contributed by atoms with E-state index in [4.69, 9.17) is 21.1 Å². The van der Waals surface area contributed by atoms with E-state index < -0.39 is 5.41 Å². The number of benzene rings is 1. The summed E-state index contributed by atoms with van der Waals surface area (Å²) in [6.45, 7) is 3.54. The van der Waals surface area contributed by atoms with E-state index in [1.54, 1.807) is 7.11 Å². The van der Waals surface area contributed by atoms with Gasteiger partial charge >= 0.3 is 0 Å². The summed E-state index contributed by atoms with van der Waals surface area (Å²) < 4.78 is 10.6. The third-order valence-corrected chi connectivity index (χ3v) is 6.96. The number of imide groups is 1. The number of nitrogens with zero attached hydrogens (tertiary/aromatic N) is 1. The quantitative estimate of drug-likeness (QED) is 0.615. The normalized spacial score (nSPS) is 22.0. The molecule has 0 radical (unpaired) electrons. The molecule has 7 nitrogen and oxygen atoms in total. The van der Waals surface area contributed by atoms with Gasteiger partial charge in [-0.15, -0.1) is 0 Å².